The summed E-state index contributed by atoms with van der Waals surface area (Å²) < 4.78 is 0. The summed E-state index contributed by atoms with van der Waals surface area (Å²) in [4.78, 5) is 20.8. The number of anilines is 1. The number of rotatable bonds is 6. The SMILES string of the molecule is CCNC(=NCCC(=O)Nc1cccc(C)n1)NC1CCCCC1. The van der Waals surface area contributed by atoms with Crippen LogP contribution in [-0.2, 0) is 4.79 Å². The van der Waals surface area contributed by atoms with E-state index in [9.17, 15) is 4.79 Å². The first-order valence-electron chi connectivity index (χ1n) is 8.95. The molecule has 3 N–H and O–H groups in total. The molecule has 0 spiro atoms. The second kappa shape index (κ2) is 9.90. The molecular formula is C18H29N5O. The maximum absolute atomic E-state index is 12.0. The van der Waals surface area contributed by atoms with Crippen molar-refractivity contribution in [1.82, 2.24) is 15.6 Å². The second-order valence-corrected chi connectivity index (χ2v) is 6.20. The van der Waals surface area contributed by atoms with Crippen molar-refractivity contribution in [1.29, 1.82) is 0 Å². The highest BCUT2D eigenvalue weighted by Gasteiger charge is 2.14. The molecule has 2 rings (SSSR count). The Morgan fingerprint density at radius 1 is 1.29 bits per heavy atom. The zero-order chi connectivity index (χ0) is 17.2. The fourth-order valence-corrected chi connectivity index (χ4v) is 2.85. The zero-order valence-corrected chi connectivity index (χ0v) is 14.8. The minimum absolute atomic E-state index is 0.0645. The number of guanidine groups is 1. The smallest absolute Gasteiger partial charge is 0.227 e. The number of carbonyl (C=O) groups excluding carboxylic acids is 1. The Hall–Kier alpha value is -2.11. The summed E-state index contributed by atoms with van der Waals surface area (Å²) >= 11 is 0. The van der Waals surface area contributed by atoms with Crippen molar-refractivity contribution in [3.05, 3.63) is 23.9 Å². The molecule has 0 radical (unpaired) electrons. The quantitative estimate of drug-likeness (QED) is 0.553. The number of aromatic nitrogens is 1. The molecule has 24 heavy (non-hydrogen) atoms. The molecule has 0 unspecified atom stereocenters. The molecule has 0 atom stereocenters. The predicted molar refractivity (Wildman–Crippen MR) is 98.2 cm³/mol. The number of aliphatic imine (C=N–C) groups is 1. The van der Waals surface area contributed by atoms with Gasteiger partial charge in [-0.05, 0) is 38.8 Å². The Morgan fingerprint density at radius 2 is 2.08 bits per heavy atom. The van der Waals surface area contributed by atoms with Crippen molar-refractivity contribution >= 4 is 17.7 Å². The minimum Gasteiger partial charge on any atom is -0.357 e. The topological polar surface area (TPSA) is 78.4 Å². The van der Waals surface area contributed by atoms with Gasteiger partial charge in [0.1, 0.15) is 5.82 Å². The molecule has 6 heteroatoms. The number of aryl methyl sites for hydroxylation is 1. The largest absolute Gasteiger partial charge is 0.357 e. The van der Waals surface area contributed by atoms with Crippen LogP contribution in [0.25, 0.3) is 0 Å². The number of pyridine rings is 1. The predicted octanol–water partition coefficient (Wildman–Crippen LogP) is 2.61. The van der Waals surface area contributed by atoms with Crippen LogP contribution >= 0.6 is 0 Å². The third-order valence-corrected chi connectivity index (χ3v) is 4.05. The van der Waals surface area contributed by atoms with Gasteiger partial charge in [-0.2, -0.15) is 0 Å². The molecule has 0 saturated heterocycles. The molecule has 6 nitrogen and oxygen atoms in total. The van der Waals surface area contributed by atoms with E-state index >= 15 is 0 Å². The number of nitrogens with one attached hydrogen (secondary N) is 3. The first-order chi connectivity index (χ1) is 11.7. The van der Waals surface area contributed by atoms with E-state index in [4.69, 9.17) is 0 Å². The first kappa shape index (κ1) is 18.2. The molecule has 1 fully saturated rings. The van der Waals surface area contributed by atoms with Gasteiger partial charge in [0.25, 0.3) is 0 Å². The lowest BCUT2D eigenvalue weighted by molar-refractivity contribution is -0.116. The normalized spacial score (nSPS) is 15.8. The van der Waals surface area contributed by atoms with Gasteiger partial charge in [0.05, 0.1) is 6.54 Å². The van der Waals surface area contributed by atoms with Crippen LogP contribution in [0.2, 0.25) is 0 Å². The third-order valence-electron chi connectivity index (χ3n) is 4.05. The van der Waals surface area contributed by atoms with E-state index in [0.29, 0.717) is 24.8 Å². The van der Waals surface area contributed by atoms with Gasteiger partial charge in [-0.25, -0.2) is 4.98 Å². The van der Waals surface area contributed by atoms with Crippen LogP contribution in [0.3, 0.4) is 0 Å². The van der Waals surface area contributed by atoms with Crippen molar-refractivity contribution in [2.75, 3.05) is 18.4 Å². The molecule has 1 aromatic heterocycles. The van der Waals surface area contributed by atoms with Crippen LogP contribution in [0.1, 0.15) is 51.1 Å². The summed E-state index contributed by atoms with van der Waals surface area (Å²) in [5.74, 6) is 1.34. The number of carbonyl (C=O) groups is 1. The van der Waals surface area contributed by atoms with Crippen molar-refractivity contribution in [3.63, 3.8) is 0 Å². The fraction of sp³-hybridized carbons (Fsp3) is 0.611. The average Bonchev–Trinajstić information content (AvgIpc) is 2.56. The molecule has 0 aromatic carbocycles. The molecule has 132 valence electrons. The van der Waals surface area contributed by atoms with Crippen LogP contribution in [0.4, 0.5) is 5.82 Å². The third kappa shape index (κ3) is 6.56. The fourth-order valence-electron chi connectivity index (χ4n) is 2.85. The highest BCUT2D eigenvalue weighted by atomic mass is 16.1. The maximum Gasteiger partial charge on any atom is 0.227 e. The van der Waals surface area contributed by atoms with E-state index in [2.05, 4.69) is 25.9 Å². The Labute approximate surface area is 144 Å². The molecule has 1 aromatic rings. The lowest BCUT2D eigenvalue weighted by Crippen LogP contribution is -2.44. The summed E-state index contributed by atoms with van der Waals surface area (Å²) in [6.45, 7) is 5.23. The lowest BCUT2D eigenvalue weighted by atomic mass is 9.96. The van der Waals surface area contributed by atoms with E-state index < -0.39 is 0 Å². The monoisotopic (exact) mass is 331 g/mol. The summed E-state index contributed by atoms with van der Waals surface area (Å²) in [7, 11) is 0. The van der Waals surface area contributed by atoms with Crippen LogP contribution in [-0.4, -0.2) is 36.0 Å². The average molecular weight is 331 g/mol. The van der Waals surface area contributed by atoms with E-state index in [0.717, 1.165) is 18.2 Å². The Kier molecular flexibility index (Phi) is 7.52. The van der Waals surface area contributed by atoms with Crippen molar-refractivity contribution < 1.29 is 4.79 Å². The molecule has 1 amide bonds. The van der Waals surface area contributed by atoms with Gasteiger partial charge in [-0.1, -0.05) is 25.3 Å². The van der Waals surface area contributed by atoms with E-state index in [1.54, 1.807) is 6.07 Å². The number of hydrogen-bond acceptors (Lipinski definition) is 3. The Morgan fingerprint density at radius 3 is 2.79 bits per heavy atom. The highest BCUT2D eigenvalue weighted by molar-refractivity contribution is 5.90. The Bertz CT molecular complexity index is 552. The second-order valence-electron chi connectivity index (χ2n) is 6.20. The summed E-state index contributed by atoms with van der Waals surface area (Å²) in [5, 5.41) is 9.55. The molecule has 1 heterocycles. The maximum atomic E-state index is 12.0. The molecule has 0 aliphatic heterocycles. The molecule has 0 bridgehead atoms. The zero-order valence-electron chi connectivity index (χ0n) is 14.8. The van der Waals surface area contributed by atoms with Gasteiger partial charge in [-0.15, -0.1) is 0 Å². The van der Waals surface area contributed by atoms with E-state index in [1.165, 1.54) is 32.1 Å². The van der Waals surface area contributed by atoms with Crippen molar-refractivity contribution in [3.8, 4) is 0 Å². The summed E-state index contributed by atoms with van der Waals surface area (Å²) in [5.41, 5.74) is 0.886. The number of hydrogen-bond donors (Lipinski definition) is 3. The standard InChI is InChI=1S/C18H29N5O/c1-3-19-18(22-15-9-5-4-6-10-15)20-13-12-17(24)23-16-11-7-8-14(2)21-16/h7-8,11,15H,3-6,9-10,12-13H2,1-2H3,(H2,19,20,22)(H,21,23,24). The van der Waals surface area contributed by atoms with Crippen LogP contribution < -0.4 is 16.0 Å². The lowest BCUT2D eigenvalue weighted by Gasteiger charge is -2.24. The van der Waals surface area contributed by atoms with Crippen LogP contribution in [0.5, 0.6) is 0 Å². The number of amides is 1. The highest BCUT2D eigenvalue weighted by Crippen LogP contribution is 2.17. The summed E-state index contributed by atoms with van der Waals surface area (Å²) in [6, 6.07) is 6.08. The van der Waals surface area contributed by atoms with E-state index in [-0.39, 0.29) is 5.91 Å². The van der Waals surface area contributed by atoms with Gasteiger partial charge >= 0.3 is 0 Å². The van der Waals surface area contributed by atoms with E-state index in [1.807, 2.05) is 26.0 Å². The van der Waals surface area contributed by atoms with Gasteiger partial charge in [0.15, 0.2) is 5.96 Å². The van der Waals surface area contributed by atoms with Gasteiger partial charge < -0.3 is 16.0 Å². The molecule has 1 aliphatic rings. The molecule has 1 aliphatic carbocycles. The van der Waals surface area contributed by atoms with Crippen molar-refractivity contribution in [2.45, 2.75) is 58.4 Å². The van der Waals surface area contributed by atoms with Crippen LogP contribution in [0.15, 0.2) is 23.2 Å². The van der Waals surface area contributed by atoms with Crippen molar-refractivity contribution in [2.24, 2.45) is 4.99 Å². The van der Waals surface area contributed by atoms with Gasteiger partial charge in [0.2, 0.25) is 5.91 Å². The first-order valence-corrected chi connectivity index (χ1v) is 8.95. The van der Waals surface area contributed by atoms with Crippen LogP contribution in [0, 0.1) is 6.92 Å². The molecular weight excluding hydrogens is 302 g/mol. The molecule has 1 saturated carbocycles. The summed E-state index contributed by atoms with van der Waals surface area (Å²) in [6.07, 6.45) is 6.63. The Balaban J connectivity index is 1.78. The number of nitrogens with zero attached hydrogens (tertiary/aromatic N) is 2. The minimum atomic E-state index is -0.0645. The van der Waals surface area contributed by atoms with Gasteiger partial charge in [-0.3, -0.25) is 9.79 Å². The van der Waals surface area contributed by atoms with Gasteiger partial charge in [0, 0.05) is 24.7 Å².